The predicted octanol–water partition coefficient (Wildman–Crippen LogP) is 3.93. The number of amides is 2. The van der Waals surface area contributed by atoms with Gasteiger partial charge in [-0.3, -0.25) is 9.59 Å². The fraction of sp³-hybridized carbons (Fsp3) is 0.350. The number of imide groups is 1. The van der Waals surface area contributed by atoms with E-state index in [9.17, 15) is 23.9 Å². The molecule has 29 heavy (non-hydrogen) atoms. The standard InChI is InChI=1S/C20H18Cl2FNO5/c1-3-11(2)29-17-9-16(15(23)8-14(17)22)24(18(25)10-21)19(26)12-6-4-5-7-13(12)20(27)28/h1,8-9,11H,4-7,10H2,2H3,(H,27,28). The number of carboxylic acid groups (broad SMARTS) is 1. The number of anilines is 1. The van der Waals surface area contributed by atoms with Gasteiger partial charge in [-0.15, -0.1) is 18.0 Å². The minimum atomic E-state index is -1.25. The van der Waals surface area contributed by atoms with Crippen LogP contribution >= 0.6 is 23.2 Å². The molecule has 0 radical (unpaired) electrons. The number of benzene rings is 1. The SMILES string of the molecule is C#CC(C)Oc1cc(N(C(=O)CCl)C(=O)C2=C(C(=O)O)CCCC2)c(F)cc1Cl. The summed E-state index contributed by atoms with van der Waals surface area (Å²) in [6.07, 6.45) is 6.05. The molecule has 0 bridgehead atoms. The van der Waals surface area contributed by atoms with E-state index in [0.717, 1.165) is 12.1 Å². The number of nitrogens with zero attached hydrogens (tertiary/aromatic N) is 1. The van der Waals surface area contributed by atoms with Crippen molar-refractivity contribution < 1.29 is 28.6 Å². The number of hydrogen-bond donors (Lipinski definition) is 1. The fourth-order valence-electron chi connectivity index (χ4n) is 2.93. The zero-order valence-corrected chi connectivity index (χ0v) is 17.0. The number of aliphatic carboxylic acids is 1. The Kier molecular flexibility index (Phi) is 7.66. The molecular formula is C20H18Cl2FNO5. The Morgan fingerprint density at radius 1 is 1.31 bits per heavy atom. The van der Waals surface area contributed by atoms with Crippen LogP contribution in [0.15, 0.2) is 23.3 Å². The number of rotatable bonds is 6. The molecule has 0 aliphatic heterocycles. The second-order valence-corrected chi connectivity index (χ2v) is 6.97. The Balaban J connectivity index is 2.60. The van der Waals surface area contributed by atoms with Crippen LogP contribution in [0, 0.1) is 18.2 Å². The normalized spacial score (nSPS) is 14.7. The molecule has 0 fully saturated rings. The van der Waals surface area contributed by atoms with E-state index in [0.29, 0.717) is 17.7 Å². The van der Waals surface area contributed by atoms with Crippen LogP contribution in [0.5, 0.6) is 5.75 Å². The monoisotopic (exact) mass is 441 g/mol. The van der Waals surface area contributed by atoms with E-state index >= 15 is 0 Å². The molecule has 1 aliphatic carbocycles. The van der Waals surface area contributed by atoms with Gasteiger partial charge >= 0.3 is 5.97 Å². The van der Waals surface area contributed by atoms with Crippen LogP contribution in [0.3, 0.4) is 0 Å². The summed E-state index contributed by atoms with van der Waals surface area (Å²) in [5.74, 6) is -2.44. The van der Waals surface area contributed by atoms with E-state index in [4.69, 9.17) is 34.4 Å². The Morgan fingerprint density at radius 3 is 2.48 bits per heavy atom. The average molecular weight is 442 g/mol. The third-order valence-corrected chi connectivity index (χ3v) is 4.86. The van der Waals surface area contributed by atoms with Gasteiger partial charge in [0.25, 0.3) is 5.91 Å². The van der Waals surface area contributed by atoms with E-state index in [1.165, 1.54) is 0 Å². The lowest BCUT2D eigenvalue weighted by Gasteiger charge is -2.25. The molecule has 1 N–H and O–H groups in total. The molecule has 0 heterocycles. The number of carbonyl (C=O) groups is 3. The van der Waals surface area contributed by atoms with E-state index in [1.54, 1.807) is 6.92 Å². The molecule has 1 atom stereocenters. The molecule has 6 nitrogen and oxygen atoms in total. The van der Waals surface area contributed by atoms with Crippen LogP contribution in [0.2, 0.25) is 5.02 Å². The lowest BCUT2D eigenvalue weighted by atomic mass is 9.90. The van der Waals surface area contributed by atoms with Gasteiger partial charge in [-0.2, -0.15) is 0 Å². The number of halogens is 3. The van der Waals surface area contributed by atoms with Crippen molar-refractivity contribution in [3.8, 4) is 18.1 Å². The fourth-order valence-corrected chi connectivity index (χ4v) is 3.25. The molecule has 1 unspecified atom stereocenters. The topological polar surface area (TPSA) is 83.9 Å². The molecule has 0 aromatic heterocycles. The second-order valence-electron chi connectivity index (χ2n) is 6.30. The highest BCUT2D eigenvalue weighted by molar-refractivity contribution is 6.35. The first kappa shape index (κ1) is 22.7. The van der Waals surface area contributed by atoms with Gasteiger partial charge in [0, 0.05) is 17.2 Å². The van der Waals surface area contributed by atoms with Gasteiger partial charge in [-0.25, -0.2) is 14.1 Å². The Morgan fingerprint density at radius 2 is 1.93 bits per heavy atom. The third-order valence-electron chi connectivity index (χ3n) is 4.33. The number of hydrogen-bond acceptors (Lipinski definition) is 4. The molecule has 1 aromatic carbocycles. The molecule has 1 aliphatic rings. The summed E-state index contributed by atoms with van der Waals surface area (Å²) in [6, 6.07) is 1.95. The molecule has 2 rings (SSSR count). The number of ether oxygens (including phenoxy) is 1. The largest absolute Gasteiger partial charge is 0.478 e. The summed E-state index contributed by atoms with van der Waals surface area (Å²) in [5.41, 5.74) is -0.608. The van der Waals surface area contributed by atoms with Gasteiger partial charge in [0.1, 0.15) is 17.4 Å². The molecule has 0 saturated heterocycles. The van der Waals surface area contributed by atoms with Gasteiger partial charge in [0.2, 0.25) is 5.91 Å². The van der Waals surface area contributed by atoms with Gasteiger partial charge < -0.3 is 9.84 Å². The second kappa shape index (κ2) is 9.77. The molecule has 2 amide bonds. The van der Waals surface area contributed by atoms with Crippen LogP contribution in [0.4, 0.5) is 10.1 Å². The maximum atomic E-state index is 14.7. The zero-order chi connectivity index (χ0) is 21.7. The van der Waals surface area contributed by atoms with Crippen molar-refractivity contribution in [1.29, 1.82) is 0 Å². The quantitative estimate of drug-likeness (QED) is 0.533. The van der Waals surface area contributed by atoms with E-state index < -0.39 is 41.3 Å². The van der Waals surface area contributed by atoms with Crippen LogP contribution in [0.1, 0.15) is 32.6 Å². The number of carbonyl (C=O) groups excluding carboxylic acids is 2. The maximum Gasteiger partial charge on any atom is 0.332 e. The average Bonchev–Trinajstić information content (AvgIpc) is 2.70. The summed E-state index contributed by atoms with van der Waals surface area (Å²) in [7, 11) is 0. The van der Waals surface area contributed by atoms with Crippen molar-refractivity contribution in [3.63, 3.8) is 0 Å². The first-order chi connectivity index (χ1) is 13.7. The van der Waals surface area contributed by atoms with E-state index in [2.05, 4.69) is 5.92 Å². The highest BCUT2D eigenvalue weighted by Gasteiger charge is 2.33. The maximum absolute atomic E-state index is 14.7. The Labute approximate surface area is 177 Å². The van der Waals surface area contributed by atoms with Gasteiger partial charge in [0.15, 0.2) is 6.10 Å². The van der Waals surface area contributed by atoms with Crippen molar-refractivity contribution in [2.75, 3.05) is 10.8 Å². The third kappa shape index (κ3) is 5.08. The van der Waals surface area contributed by atoms with Crippen LogP contribution < -0.4 is 9.64 Å². The molecule has 9 heteroatoms. The van der Waals surface area contributed by atoms with Gasteiger partial charge in [-0.1, -0.05) is 17.5 Å². The summed E-state index contributed by atoms with van der Waals surface area (Å²) in [4.78, 5) is 37.6. The van der Waals surface area contributed by atoms with Crippen molar-refractivity contribution in [1.82, 2.24) is 0 Å². The summed E-state index contributed by atoms with van der Waals surface area (Å²) in [6.45, 7) is 1.55. The summed E-state index contributed by atoms with van der Waals surface area (Å²) < 4.78 is 20.1. The number of terminal acetylenes is 1. The molecular weight excluding hydrogens is 424 g/mol. The number of alkyl halides is 1. The lowest BCUT2D eigenvalue weighted by molar-refractivity contribution is -0.133. The molecule has 154 valence electrons. The minimum absolute atomic E-state index is 0.0372. The summed E-state index contributed by atoms with van der Waals surface area (Å²) >= 11 is 11.6. The van der Waals surface area contributed by atoms with Crippen LogP contribution in [-0.4, -0.2) is 34.9 Å². The lowest BCUT2D eigenvalue weighted by Crippen LogP contribution is -2.40. The van der Waals surface area contributed by atoms with Crippen molar-refractivity contribution in [2.24, 2.45) is 0 Å². The first-order valence-corrected chi connectivity index (χ1v) is 9.62. The highest BCUT2D eigenvalue weighted by atomic mass is 35.5. The minimum Gasteiger partial charge on any atom is -0.478 e. The van der Waals surface area contributed by atoms with E-state index in [-0.39, 0.29) is 34.8 Å². The van der Waals surface area contributed by atoms with Crippen LogP contribution in [-0.2, 0) is 14.4 Å². The molecule has 0 saturated carbocycles. The van der Waals surface area contributed by atoms with Crippen molar-refractivity contribution in [3.05, 3.63) is 34.1 Å². The van der Waals surface area contributed by atoms with E-state index in [1.807, 2.05) is 0 Å². The first-order valence-electron chi connectivity index (χ1n) is 8.71. The number of carboxylic acids is 1. The van der Waals surface area contributed by atoms with Crippen LogP contribution in [0.25, 0.3) is 0 Å². The van der Waals surface area contributed by atoms with Crippen molar-refractivity contribution in [2.45, 2.75) is 38.7 Å². The summed E-state index contributed by atoms with van der Waals surface area (Å²) in [5, 5.41) is 9.29. The zero-order valence-electron chi connectivity index (χ0n) is 15.5. The Hall–Kier alpha value is -2.56. The smallest absolute Gasteiger partial charge is 0.332 e. The highest BCUT2D eigenvalue weighted by Crippen LogP contribution is 2.35. The molecule has 0 spiro atoms. The Bertz CT molecular complexity index is 922. The molecule has 1 aromatic rings. The van der Waals surface area contributed by atoms with Gasteiger partial charge in [0.05, 0.1) is 10.7 Å². The van der Waals surface area contributed by atoms with Crippen molar-refractivity contribution >= 4 is 46.7 Å². The predicted molar refractivity (Wildman–Crippen MR) is 107 cm³/mol. The van der Waals surface area contributed by atoms with Gasteiger partial charge in [-0.05, 0) is 38.7 Å².